The normalized spacial score (nSPS) is 13.9. The molecule has 0 spiro atoms. The van der Waals surface area contributed by atoms with Crippen LogP contribution in [0.15, 0.2) is 12.4 Å². The minimum atomic E-state index is -3.30. The van der Waals surface area contributed by atoms with E-state index in [1.54, 1.807) is 19.3 Å². The SMILES string of the molecule is CCOCCS(=O)(=O)NC(C)c1cn[nH]c1. The van der Waals surface area contributed by atoms with E-state index in [4.69, 9.17) is 4.74 Å². The lowest BCUT2D eigenvalue weighted by atomic mass is 10.2. The van der Waals surface area contributed by atoms with Crippen LogP contribution in [0.1, 0.15) is 25.5 Å². The molecule has 1 aromatic heterocycles. The smallest absolute Gasteiger partial charge is 0.214 e. The zero-order valence-corrected chi connectivity index (χ0v) is 10.3. The van der Waals surface area contributed by atoms with Gasteiger partial charge in [0.05, 0.1) is 18.6 Å². The molecule has 7 heteroatoms. The third-order valence-corrected chi connectivity index (χ3v) is 3.49. The van der Waals surface area contributed by atoms with Gasteiger partial charge in [0.25, 0.3) is 0 Å². The van der Waals surface area contributed by atoms with E-state index in [0.717, 1.165) is 5.56 Å². The topological polar surface area (TPSA) is 84.1 Å². The Morgan fingerprint density at radius 2 is 2.38 bits per heavy atom. The molecule has 16 heavy (non-hydrogen) atoms. The molecule has 6 nitrogen and oxygen atoms in total. The molecule has 0 saturated heterocycles. The maximum atomic E-state index is 11.6. The Labute approximate surface area is 95.4 Å². The quantitative estimate of drug-likeness (QED) is 0.684. The monoisotopic (exact) mass is 247 g/mol. The van der Waals surface area contributed by atoms with E-state index < -0.39 is 10.0 Å². The van der Waals surface area contributed by atoms with E-state index >= 15 is 0 Å². The molecule has 1 atom stereocenters. The van der Waals surface area contributed by atoms with Gasteiger partial charge in [0.2, 0.25) is 10.0 Å². The van der Waals surface area contributed by atoms with Gasteiger partial charge in [0.15, 0.2) is 0 Å². The average molecular weight is 247 g/mol. The van der Waals surface area contributed by atoms with Crippen LogP contribution in [0.5, 0.6) is 0 Å². The van der Waals surface area contributed by atoms with E-state index in [0.29, 0.717) is 6.61 Å². The van der Waals surface area contributed by atoms with Gasteiger partial charge >= 0.3 is 0 Å². The number of aromatic nitrogens is 2. The second kappa shape index (κ2) is 5.97. The van der Waals surface area contributed by atoms with E-state index in [1.807, 2.05) is 6.92 Å². The van der Waals surface area contributed by atoms with E-state index in [1.165, 1.54) is 0 Å². The Kier molecular flexibility index (Phi) is 4.91. The van der Waals surface area contributed by atoms with Gasteiger partial charge in [0.1, 0.15) is 0 Å². The van der Waals surface area contributed by atoms with Crippen LogP contribution in [-0.2, 0) is 14.8 Å². The van der Waals surface area contributed by atoms with Crippen molar-refractivity contribution in [1.82, 2.24) is 14.9 Å². The molecule has 0 aromatic carbocycles. The standard InChI is InChI=1S/C9H17N3O3S/c1-3-15-4-5-16(13,14)12-8(2)9-6-10-11-7-9/h6-8,12H,3-5H2,1-2H3,(H,10,11). The summed E-state index contributed by atoms with van der Waals surface area (Å²) in [6.07, 6.45) is 3.26. The highest BCUT2D eigenvalue weighted by Crippen LogP contribution is 2.10. The highest BCUT2D eigenvalue weighted by Gasteiger charge is 2.15. The predicted molar refractivity (Wildman–Crippen MR) is 60.4 cm³/mol. The molecule has 2 N–H and O–H groups in total. The summed E-state index contributed by atoms with van der Waals surface area (Å²) >= 11 is 0. The zero-order chi connectivity index (χ0) is 12.0. The van der Waals surface area contributed by atoms with Crippen LogP contribution in [0.2, 0.25) is 0 Å². The van der Waals surface area contributed by atoms with Crippen molar-refractivity contribution in [3.8, 4) is 0 Å². The Bertz CT molecular complexity index is 388. The maximum Gasteiger partial charge on any atom is 0.214 e. The number of hydrogen-bond donors (Lipinski definition) is 2. The van der Waals surface area contributed by atoms with Crippen LogP contribution in [-0.4, -0.2) is 37.6 Å². The van der Waals surface area contributed by atoms with E-state index in [9.17, 15) is 8.42 Å². The fraction of sp³-hybridized carbons (Fsp3) is 0.667. The van der Waals surface area contributed by atoms with Gasteiger partial charge < -0.3 is 4.74 Å². The molecule has 0 amide bonds. The van der Waals surface area contributed by atoms with Crippen molar-refractivity contribution >= 4 is 10.0 Å². The molecule has 0 radical (unpaired) electrons. The van der Waals surface area contributed by atoms with Crippen LogP contribution in [0.25, 0.3) is 0 Å². The van der Waals surface area contributed by atoms with Crippen molar-refractivity contribution in [2.24, 2.45) is 0 Å². The molecule has 0 fully saturated rings. The summed E-state index contributed by atoms with van der Waals surface area (Å²) < 4.78 is 30.7. The summed E-state index contributed by atoms with van der Waals surface area (Å²) in [4.78, 5) is 0. The number of nitrogens with zero attached hydrogens (tertiary/aromatic N) is 1. The van der Waals surface area contributed by atoms with Gasteiger partial charge in [-0.3, -0.25) is 5.10 Å². The van der Waals surface area contributed by atoms with Gasteiger partial charge in [0, 0.05) is 24.4 Å². The van der Waals surface area contributed by atoms with Crippen molar-refractivity contribution in [2.45, 2.75) is 19.9 Å². The molecule has 1 aromatic rings. The number of nitrogens with one attached hydrogen (secondary N) is 2. The summed E-state index contributed by atoms with van der Waals surface area (Å²) in [7, 11) is -3.30. The maximum absolute atomic E-state index is 11.6. The Morgan fingerprint density at radius 1 is 1.62 bits per heavy atom. The van der Waals surface area contributed by atoms with Gasteiger partial charge in [-0.25, -0.2) is 13.1 Å². The number of hydrogen-bond acceptors (Lipinski definition) is 4. The average Bonchev–Trinajstić information content (AvgIpc) is 2.69. The van der Waals surface area contributed by atoms with Crippen molar-refractivity contribution in [2.75, 3.05) is 19.0 Å². The molecule has 0 bridgehead atoms. The van der Waals surface area contributed by atoms with Gasteiger partial charge in [-0.1, -0.05) is 0 Å². The molecule has 0 saturated carbocycles. The number of ether oxygens (including phenoxy) is 1. The van der Waals surface area contributed by atoms with Crippen LogP contribution in [0, 0.1) is 0 Å². The van der Waals surface area contributed by atoms with Crippen molar-refractivity contribution in [3.63, 3.8) is 0 Å². The highest BCUT2D eigenvalue weighted by atomic mass is 32.2. The number of rotatable bonds is 7. The second-order valence-electron chi connectivity index (χ2n) is 3.39. The molecule has 1 rings (SSSR count). The molecular weight excluding hydrogens is 230 g/mol. The molecule has 0 aliphatic carbocycles. The summed E-state index contributed by atoms with van der Waals surface area (Å²) in [6, 6.07) is -0.287. The van der Waals surface area contributed by atoms with Crippen LogP contribution < -0.4 is 4.72 Å². The molecule has 1 heterocycles. The van der Waals surface area contributed by atoms with Crippen LogP contribution in [0.4, 0.5) is 0 Å². The fourth-order valence-electron chi connectivity index (χ4n) is 1.21. The lowest BCUT2D eigenvalue weighted by molar-refractivity contribution is 0.163. The Balaban J connectivity index is 2.46. The zero-order valence-electron chi connectivity index (χ0n) is 9.43. The first-order valence-electron chi connectivity index (χ1n) is 5.11. The van der Waals surface area contributed by atoms with Crippen molar-refractivity contribution in [3.05, 3.63) is 18.0 Å². The minimum absolute atomic E-state index is 0.0248. The molecule has 92 valence electrons. The van der Waals surface area contributed by atoms with Crippen LogP contribution in [0.3, 0.4) is 0 Å². The van der Waals surface area contributed by atoms with E-state index in [2.05, 4.69) is 14.9 Å². The van der Waals surface area contributed by atoms with Gasteiger partial charge in [-0.2, -0.15) is 5.10 Å². The van der Waals surface area contributed by atoms with E-state index in [-0.39, 0.29) is 18.4 Å². The number of sulfonamides is 1. The molecule has 0 aliphatic heterocycles. The third kappa shape index (κ3) is 4.30. The number of aromatic amines is 1. The largest absolute Gasteiger partial charge is 0.381 e. The van der Waals surface area contributed by atoms with Gasteiger partial charge in [-0.15, -0.1) is 0 Å². The lowest BCUT2D eigenvalue weighted by Crippen LogP contribution is -2.30. The first kappa shape index (κ1) is 13.1. The minimum Gasteiger partial charge on any atom is -0.381 e. The summed E-state index contributed by atoms with van der Waals surface area (Å²) in [5, 5.41) is 6.40. The fourth-order valence-corrected chi connectivity index (χ4v) is 2.34. The molecule has 0 aliphatic rings. The summed E-state index contributed by atoms with van der Waals surface area (Å²) in [5.74, 6) is -0.0248. The summed E-state index contributed by atoms with van der Waals surface area (Å²) in [6.45, 7) is 4.33. The Hall–Kier alpha value is -0.920. The van der Waals surface area contributed by atoms with Crippen molar-refractivity contribution in [1.29, 1.82) is 0 Å². The third-order valence-electron chi connectivity index (χ3n) is 2.08. The first-order chi connectivity index (χ1) is 7.55. The van der Waals surface area contributed by atoms with Crippen LogP contribution >= 0.6 is 0 Å². The number of H-pyrrole nitrogens is 1. The second-order valence-corrected chi connectivity index (χ2v) is 5.26. The summed E-state index contributed by atoms with van der Waals surface area (Å²) in [5.41, 5.74) is 0.806. The van der Waals surface area contributed by atoms with Gasteiger partial charge in [-0.05, 0) is 13.8 Å². The molecule has 1 unspecified atom stereocenters. The highest BCUT2D eigenvalue weighted by molar-refractivity contribution is 7.89. The molecular formula is C9H17N3O3S. The lowest BCUT2D eigenvalue weighted by Gasteiger charge is -2.12. The first-order valence-corrected chi connectivity index (χ1v) is 6.77. The Morgan fingerprint density at radius 3 is 2.94 bits per heavy atom. The predicted octanol–water partition coefficient (Wildman–Crippen LogP) is 0.427. The van der Waals surface area contributed by atoms with Crippen molar-refractivity contribution < 1.29 is 13.2 Å².